The van der Waals surface area contributed by atoms with Crippen LogP contribution in [0.15, 0.2) is 5.38 Å². The Labute approximate surface area is 126 Å². The molecule has 0 bridgehead atoms. The summed E-state index contributed by atoms with van der Waals surface area (Å²) >= 11 is 3.02. The standard InChI is InChI=1S/C13H18N4OS2/c1-3-18-9-4-8(5-9)16-13-10(11(14)17-20-13)12-15-7(2)6-19-12/h6,8-9,16H,3-5H2,1-2H3,(H2,14,17). The zero-order valence-electron chi connectivity index (χ0n) is 11.5. The Morgan fingerprint density at radius 3 is 2.95 bits per heavy atom. The highest BCUT2D eigenvalue weighted by Gasteiger charge is 2.31. The number of nitrogen functional groups attached to an aromatic ring is 1. The van der Waals surface area contributed by atoms with Gasteiger partial charge in [-0.05, 0) is 38.2 Å². The minimum absolute atomic E-state index is 0.397. The van der Waals surface area contributed by atoms with Crippen molar-refractivity contribution in [1.29, 1.82) is 0 Å². The number of thiazole rings is 1. The molecule has 1 saturated carbocycles. The molecule has 0 spiro atoms. The SMILES string of the molecule is CCOC1CC(Nc2snc(N)c2-c2nc(C)cs2)C1. The Balaban J connectivity index is 1.72. The van der Waals surface area contributed by atoms with Crippen LogP contribution in [-0.2, 0) is 4.74 Å². The van der Waals surface area contributed by atoms with Gasteiger partial charge in [0.25, 0.3) is 0 Å². The minimum atomic E-state index is 0.397. The van der Waals surface area contributed by atoms with E-state index in [1.807, 2.05) is 19.2 Å². The second kappa shape index (κ2) is 5.67. The Morgan fingerprint density at radius 1 is 1.50 bits per heavy atom. The van der Waals surface area contributed by atoms with Crippen LogP contribution < -0.4 is 11.1 Å². The first-order valence-electron chi connectivity index (χ1n) is 6.73. The number of nitrogens with two attached hydrogens (primary N) is 1. The van der Waals surface area contributed by atoms with Gasteiger partial charge in [-0.15, -0.1) is 11.3 Å². The Bertz CT molecular complexity index is 589. The van der Waals surface area contributed by atoms with E-state index in [1.54, 1.807) is 11.3 Å². The lowest BCUT2D eigenvalue weighted by Gasteiger charge is -2.35. The molecule has 1 aliphatic carbocycles. The number of hydrogen-bond acceptors (Lipinski definition) is 7. The summed E-state index contributed by atoms with van der Waals surface area (Å²) in [7, 11) is 0. The monoisotopic (exact) mass is 310 g/mol. The topological polar surface area (TPSA) is 73.1 Å². The van der Waals surface area contributed by atoms with E-state index in [1.165, 1.54) is 11.5 Å². The zero-order chi connectivity index (χ0) is 14.1. The van der Waals surface area contributed by atoms with Gasteiger partial charge in [0.15, 0.2) is 0 Å². The Hall–Kier alpha value is -1.18. The summed E-state index contributed by atoms with van der Waals surface area (Å²) in [6.45, 7) is 4.81. The lowest BCUT2D eigenvalue weighted by atomic mass is 9.89. The molecule has 0 unspecified atom stereocenters. The zero-order valence-corrected chi connectivity index (χ0v) is 13.2. The van der Waals surface area contributed by atoms with Gasteiger partial charge in [-0.25, -0.2) is 4.98 Å². The van der Waals surface area contributed by atoms with Gasteiger partial charge in [-0.2, -0.15) is 4.37 Å². The summed E-state index contributed by atoms with van der Waals surface area (Å²) in [6, 6.07) is 0.450. The minimum Gasteiger partial charge on any atom is -0.382 e. The first-order chi connectivity index (χ1) is 9.67. The molecule has 108 valence electrons. The number of anilines is 2. The van der Waals surface area contributed by atoms with Crippen LogP contribution in [0.3, 0.4) is 0 Å². The normalized spacial score (nSPS) is 21.7. The average molecular weight is 310 g/mol. The smallest absolute Gasteiger partial charge is 0.149 e. The van der Waals surface area contributed by atoms with Crippen molar-refractivity contribution in [3.8, 4) is 10.6 Å². The van der Waals surface area contributed by atoms with Crippen LogP contribution in [0, 0.1) is 6.92 Å². The van der Waals surface area contributed by atoms with Crippen LogP contribution in [0.5, 0.6) is 0 Å². The van der Waals surface area contributed by atoms with E-state index in [0.29, 0.717) is 18.0 Å². The molecule has 2 aromatic rings. The molecule has 0 radical (unpaired) electrons. The largest absolute Gasteiger partial charge is 0.382 e. The molecule has 5 nitrogen and oxygen atoms in total. The van der Waals surface area contributed by atoms with Gasteiger partial charge in [0.2, 0.25) is 0 Å². The fraction of sp³-hybridized carbons (Fsp3) is 0.538. The maximum absolute atomic E-state index is 5.99. The number of ether oxygens (including phenoxy) is 1. The molecule has 1 aliphatic rings. The van der Waals surface area contributed by atoms with Crippen molar-refractivity contribution in [2.75, 3.05) is 17.7 Å². The molecule has 0 atom stereocenters. The third-order valence-electron chi connectivity index (χ3n) is 3.38. The first-order valence-corrected chi connectivity index (χ1v) is 8.38. The van der Waals surface area contributed by atoms with Crippen molar-refractivity contribution in [2.45, 2.75) is 38.8 Å². The number of hydrogen-bond donors (Lipinski definition) is 2. The quantitative estimate of drug-likeness (QED) is 0.887. The van der Waals surface area contributed by atoms with E-state index >= 15 is 0 Å². The maximum atomic E-state index is 5.99. The second-order valence-corrected chi connectivity index (χ2v) is 6.59. The van der Waals surface area contributed by atoms with Crippen LogP contribution in [-0.4, -0.2) is 28.1 Å². The molecule has 0 aliphatic heterocycles. The summed E-state index contributed by atoms with van der Waals surface area (Å²) < 4.78 is 9.84. The lowest BCUT2D eigenvalue weighted by Crippen LogP contribution is -2.40. The lowest BCUT2D eigenvalue weighted by molar-refractivity contribution is 0.00306. The molecule has 0 saturated heterocycles. The summed E-state index contributed by atoms with van der Waals surface area (Å²) in [6.07, 6.45) is 2.48. The molecule has 2 heterocycles. The highest BCUT2D eigenvalue weighted by molar-refractivity contribution is 7.15. The molecule has 0 aromatic carbocycles. The van der Waals surface area contributed by atoms with Crippen LogP contribution in [0.25, 0.3) is 10.6 Å². The summed E-state index contributed by atoms with van der Waals surface area (Å²) in [5, 5.41) is 7.53. The third-order valence-corrected chi connectivity index (χ3v) is 5.15. The van der Waals surface area contributed by atoms with Gasteiger partial charge in [0.05, 0.1) is 11.7 Å². The molecule has 3 rings (SSSR count). The highest BCUT2D eigenvalue weighted by Crippen LogP contribution is 2.40. The van der Waals surface area contributed by atoms with Crippen LogP contribution in [0.1, 0.15) is 25.5 Å². The molecule has 0 amide bonds. The number of aryl methyl sites for hydroxylation is 1. The van der Waals surface area contributed by atoms with E-state index in [2.05, 4.69) is 14.7 Å². The van der Waals surface area contributed by atoms with Gasteiger partial charge in [0.1, 0.15) is 15.8 Å². The van der Waals surface area contributed by atoms with Crippen molar-refractivity contribution < 1.29 is 4.74 Å². The number of nitrogens with one attached hydrogen (secondary N) is 1. The summed E-state index contributed by atoms with van der Waals surface area (Å²) in [5.74, 6) is 0.563. The van der Waals surface area contributed by atoms with Crippen molar-refractivity contribution in [3.05, 3.63) is 11.1 Å². The predicted octanol–water partition coefficient (Wildman–Crippen LogP) is 3.14. The molecule has 7 heteroatoms. The molecule has 3 N–H and O–H groups in total. The predicted molar refractivity (Wildman–Crippen MR) is 84.4 cm³/mol. The van der Waals surface area contributed by atoms with Crippen molar-refractivity contribution in [1.82, 2.24) is 9.36 Å². The van der Waals surface area contributed by atoms with Gasteiger partial charge in [0, 0.05) is 23.7 Å². The van der Waals surface area contributed by atoms with Crippen molar-refractivity contribution >= 4 is 33.7 Å². The number of rotatable bonds is 5. The summed E-state index contributed by atoms with van der Waals surface area (Å²) in [5.41, 5.74) is 7.96. The van der Waals surface area contributed by atoms with E-state index in [-0.39, 0.29) is 0 Å². The Kier molecular flexibility index (Phi) is 3.91. The van der Waals surface area contributed by atoms with E-state index in [9.17, 15) is 0 Å². The van der Waals surface area contributed by atoms with Gasteiger partial charge >= 0.3 is 0 Å². The maximum Gasteiger partial charge on any atom is 0.149 e. The molecule has 2 aromatic heterocycles. The van der Waals surface area contributed by atoms with Crippen molar-refractivity contribution in [3.63, 3.8) is 0 Å². The number of nitrogens with zero attached hydrogens (tertiary/aromatic N) is 2. The van der Waals surface area contributed by atoms with Crippen LogP contribution >= 0.6 is 22.9 Å². The highest BCUT2D eigenvalue weighted by atomic mass is 32.1. The average Bonchev–Trinajstić information content (AvgIpc) is 2.93. The fourth-order valence-electron chi connectivity index (χ4n) is 2.32. The third kappa shape index (κ3) is 2.65. The molecular weight excluding hydrogens is 292 g/mol. The van der Waals surface area contributed by atoms with Crippen LogP contribution in [0.2, 0.25) is 0 Å². The molecule has 1 fully saturated rings. The molecule has 20 heavy (non-hydrogen) atoms. The Morgan fingerprint density at radius 2 is 2.30 bits per heavy atom. The summed E-state index contributed by atoms with van der Waals surface area (Å²) in [4.78, 5) is 4.51. The first kappa shape index (κ1) is 13.8. The van der Waals surface area contributed by atoms with Gasteiger partial charge < -0.3 is 15.8 Å². The van der Waals surface area contributed by atoms with Crippen LogP contribution in [0.4, 0.5) is 10.8 Å². The second-order valence-electron chi connectivity index (χ2n) is 4.96. The van der Waals surface area contributed by atoms with Gasteiger partial charge in [-0.1, -0.05) is 0 Å². The fourth-order valence-corrected chi connectivity index (χ4v) is 4.03. The van der Waals surface area contributed by atoms with E-state index in [0.717, 1.165) is 40.7 Å². The van der Waals surface area contributed by atoms with E-state index in [4.69, 9.17) is 10.5 Å². The number of aromatic nitrogens is 2. The van der Waals surface area contributed by atoms with Gasteiger partial charge in [-0.3, -0.25) is 0 Å². The van der Waals surface area contributed by atoms with Crippen molar-refractivity contribution in [2.24, 2.45) is 0 Å². The van der Waals surface area contributed by atoms with E-state index < -0.39 is 0 Å². The molecular formula is C13H18N4OS2.